The summed E-state index contributed by atoms with van der Waals surface area (Å²) in [5.74, 6) is 0. The Balaban J connectivity index is 3.05. The molecule has 0 saturated heterocycles. The summed E-state index contributed by atoms with van der Waals surface area (Å²) in [6.45, 7) is 3.67. The molecule has 50 valence electrons. The molecule has 0 spiro atoms. The maximum Gasteiger partial charge on any atom is 0.0324 e. The molecule has 0 saturated carbocycles. The molecule has 0 radical (unpaired) electrons. The van der Waals surface area contributed by atoms with Gasteiger partial charge in [0.15, 0.2) is 0 Å². The molecule has 2 N–H and O–H groups in total. The van der Waals surface area contributed by atoms with E-state index in [0.29, 0.717) is 0 Å². The van der Waals surface area contributed by atoms with E-state index in [0.717, 1.165) is 0 Å². The quantitative estimate of drug-likeness (QED) is 0.398. The van der Waals surface area contributed by atoms with Gasteiger partial charge in [0.1, 0.15) is 0 Å². The van der Waals surface area contributed by atoms with Crippen LogP contribution in [0, 0.1) is 0 Å². The summed E-state index contributed by atoms with van der Waals surface area (Å²) in [5, 5.41) is 0. The maximum atomic E-state index is 9.73. The lowest BCUT2D eigenvalue weighted by Crippen LogP contribution is -2.38. The zero-order chi connectivity index (χ0) is 6.57. The zero-order valence-electron chi connectivity index (χ0n) is 4.80. The number of hydrazine groups is 1. The van der Waals surface area contributed by atoms with Gasteiger partial charge in [0.25, 0.3) is 0 Å². The summed E-state index contributed by atoms with van der Waals surface area (Å²) in [4.78, 5) is 2.01. The van der Waals surface area contributed by atoms with Gasteiger partial charge in [-0.05, 0) is 13.8 Å². The Labute approximate surface area is 51.1 Å². The molecule has 8 heavy (non-hydrogen) atoms. The van der Waals surface area contributed by atoms with Crippen LogP contribution < -0.4 is 10.3 Å². The van der Waals surface area contributed by atoms with Crippen LogP contribution in [0.1, 0.15) is 13.8 Å². The molecule has 0 aliphatic carbocycles. The smallest absolute Gasteiger partial charge is 0.0324 e. The molecule has 0 bridgehead atoms. The second-order valence-electron chi connectivity index (χ2n) is 1.64. The maximum absolute atomic E-state index is 9.73. The van der Waals surface area contributed by atoms with Crippen molar-refractivity contribution >= 4 is 11.3 Å². The first-order valence-electron chi connectivity index (χ1n) is 2.23. The lowest BCUT2D eigenvalue weighted by molar-refractivity contribution is 0.485. The Morgan fingerprint density at radius 1 is 1.62 bits per heavy atom. The third-order valence-corrected chi connectivity index (χ3v) is 0.715. The van der Waals surface area contributed by atoms with Gasteiger partial charge in [-0.25, -0.2) is 5.43 Å². The Bertz CT molecular complexity index is 85.4. The van der Waals surface area contributed by atoms with Crippen molar-refractivity contribution in [2.24, 2.45) is 0 Å². The average molecular weight is 137 g/mol. The molecule has 5 heteroatoms. The van der Waals surface area contributed by atoms with Crippen LogP contribution in [0.15, 0.2) is 0 Å². The Morgan fingerprint density at radius 2 is 2.12 bits per heavy atom. The molecule has 0 heterocycles. The third kappa shape index (κ3) is 6.03. The fourth-order valence-electron chi connectivity index (χ4n) is 0.166. The Hall–Kier alpha value is 0.0300. The van der Waals surface area contributed by atoms with Gasteiger partial charge in [0, 0.05) is 17.3 Å². The van der Waals surface area contributed by atoms with Gasteiger partial charge in [-0.1, -0.05) is 0 Å². The Morgan fingerprint density at radius 3 is 2.25 bits per heavy atom. The first kappa shape index (κ1) is 8.03. The van der Waals surface area contributed by atoms with Gasteiger partial charge in [-0.2, -0.15) is 4.83 Å². The van der Waals surface area contributed by atoms with Crippen molar-refractivity contribution in [2.75, 3.05) is 0 Å². The fraction of sp³-hybridized carbons (Fsp3) is 1.00. The third-order valence-electron chi connectivity index (χ3n) is 0.431. The fourth-order valence-corrected chi connectivity index (χ4v) is 0.498. The van der Waals surface area contributed by atoms with Crippen molar-refractivity contribution in [1.29, 1.82) is 0 Å². The van der Waals surface area contributed by atoms with Gasteiger partial charge < -0.3 is 4.55 Å². The number of rotatable bonds is 3. The average Bonchev–Trinajstić information content (AvgIpc) is 1.61. The molecule has 0 rings (SSSR count). The minimum absolute atomic E-state index is 0.132. The first-order valence-corrected chi connectivity index (χ1v) is 3.31. The van der Waals surface area contributed by atoms with Gasteiger partial charge in [-0.3, -0.25) is 4.21 Å². The van der Waals surface area contributed by atoms with E-state index in [2.05, 4.69) is 5.43 Å². The Kier molecular flexibility index (Phi) is 3.98. The van der Waals surface area contributed by atoms with Crippen LogP contribution in [0.4, 0.5) is 0 Å². The van der Waals surface area contributed by atoms with Crippen LogP contribution in [0.5, 0.6) is 0 Å². The molecular weight excluding hydrogens is 128 g/mol. The van der Waals surface area contributed by atoms with Crippen LogP contribution in [0.3, 0.4) is 0 Å². The normalized spacial score (nSPS) is 14.5. The molecule has 0 aromatic carbocycles. The standard InChI is InChI=1S/C3H10N2O2S/c1-3(2)4-5-8(6)7/h3-5H,1-2H3,(H,6,7)/p-1. The second-order valence-corrected chi connectivity index (χ2v) is 2.31. The van der Waals surface area contributed by atoms with Crippen molar-refractivity contribution in [3.8, 4) is 0 Å². The summed E-state index contributed by atoms with van der Waals surface area (Å²) in [7, 11) is 0. The predicted octanol–water partition coefficient (Wildman–Crippen LogP) is -0.717. The predicted molar refractivity (Wildman–Crippen MR) is 30.3 cm³/mol. The summed E-state index contributed by atoms with van der Waals surface area (Å²) in [6, 6.07) is 0.132. The van der Waals surface area contributed by atoms with Gasteiger partial charge in [0.2, 0.25) is 0 Å². The van der Waals surface area contributed by atoms with Crippen LogP contribution in [-0.4, -0.2) is 14.8 Å². The summed E-state index contributed by atoms with van der Waals surface area (Å²) >= 11 is -2.20. The molecule has 0 aromatic rings. The van der Waals surface area contributed by atoms with Gasteiger partial charge in [-0.15, -0.1) is 0 Å². The number of hydrogen-bond donors (Lipinski definition) is 2. The van der Waals surface area contributed by atoms with Crippen molar-refractivity contribution < 1.29 is 8.76 Å². The van der Waals surface area contributed by atoms with Crippen molar-refractivity contribution in [1.82, 2.24) is 10.3 Å². The van der Waals surface area contributed by atoms with Crippen LogP contribution >= 0.6 is 0 Å². The summed E-state index contributed by atoms with van der Waals surface area (Å²) in [5.41, 5.74) is 2.48. The van der Waals surface area contributed by atoms with Crippen LogP contribution in [-0.2, 0) is 11.3 Å². The van der Waals surface area contributed by atoms with Crippen molar-refractivity contribution in [3.05, 3.63) is 0 Å². The first-order chi connectivity index (χ1) is 3.63. The van der Waals surface area contributed by atoms with Crippen LogP contribution in [0.25, 0.3) is 0 Å². The summed E-state index contributed by atoms with van der Waals surface area (Å²) < 4.78 is 19.5. The molecule has 0 aromatic heterocycles. The highest BCUT2D eigenvalue weighted by atomic mass is 32.2. The zero-order valence-corrected chi connectivity index (χ0v) is 5.62. The molecule has 0 aliphatic heterocycles. The lowest BCUT2D eigenvalue weighted by atomic mass is 10.4. The molecule has 1 unspecified atom stereocenters. The topological polar surface area (TPSA) is 64.2 Å². The number of nitrogens with one attached hydrogen (secondary N) is 2. The van der Waals surface area contributed by atoms with E-state index in [9.17, 15) is 8.76 Å². The van der Waals surface area contributed by atoms with Crippen molar-refractivity contribution in [3.63, 3.8) is 0 Å². The van der Waals surface area contributed by atoms with Crippen LogP contribution in [0.2, 0.25) is 0 Å². The molecule has 0 amide bonds. The molecule has 1 atom stereocenters. The van der Waals surface area contributed by atoms with E-state index in [1.165, 1.54) is 0 Å². The minimum atomic E-state index is -2.20. The highest BCUT2D eigenvalue weighted by Gasteiger charge is 1.86. The highest BCUT2D eigenvalue weighted by Crippen LogP contribution is 1.69. The van der Waals surface area contributed by atoms with E-state index in [-0.39, 0.29) is 6.04 Å². The van der Waals surface area contributed by atoms with Crippen molar-refractivity contribution in [2.45, 2.75) is 19.9 Å². The molecule has 0 aliphatic rings. The SMILES string of the molecule is CC(C)NNS(=O)[O-]. The minimum Gasteiger partial charge on any atom is -0.759 e. The summed E-state index contributed by atoms with van der Waals surface area (Å²) in [6.07, 6.45) is 0. The largest absolute Gasteiger partial charge is 0.759 e. The molecule has 4 nitrogen and oxygen atoms in total. The second kappa shape index (κ2) is 3.96. The van der Waals surface area contributed by atoms with E-state index in [1.807, 2.05) is 18.7 Å². The number of hydrogen-bond acceptors (Lipinski definition) is 3. The highest BCUT2D eigenvalue weighted by molar-refractivity contribution is 7.76. The lowest BCUT2D eigenvalue weighted by Gasteiger charge is -2.10. The van der Waals surface area contributed by atoms with Gasteiger partial charge in [0.05, 0.1) is 0 Å². The molecule has 0 fully saturated rings. The van der Waals surface area contributed by atoms with E-state index in [4.69, 9.17) is 0 Å². The van der Waals surface area contributed by atoms with E-state index in [1.54, 1.807) is 0 Å². The van der Waals surface area contributed by atoms with E-state index < -0.39 is 11.3 Å². The van der Waals surface area contributed by atoms with E-state index >= 15 is 0 Å². The van der Waals surface area contributed by atoms with Gasteiger partial charge >= 0.3 is 0 Å². The molecular formula is C3H9N2O2S-. The monoisotopic (exact) mass is 137 g/mol.